The topological polar surface area (TPSA) is 57.7 Å². The SMILES string of the molecule is COC(=O)/C(=C\c1ccc(OC)c(OC(F)F)c1)c1nc(C)cs1. The van der Waals surface area contributed by atoms with Gasteiger partial charge in [0.25, 0.3) is 0 Å². The standard InChI is InChI=1S/C16H15F2NO4S/c1-9-8-24-14(19-9)11(15(20)22-3)6-10-4-5-12(21-2)13(7-10)23-16(17)18/h4-8,16H,1-3H3/b11-6-. The maximum absolute atomic E-state index is 12.5. The number of methoxy groups -OCH3 is 2. The first-order valence-corrected chi connectivity index (χ1v) is 7.68. The summed E-state index contributed by atoms with van der Waals surface area (Å²) in [5.41, 5.74) is 1.46. The minimum Gasteiger partial charge on any atom is -0.493 e. The van der Waals surface area contributed by atoms with Crippen LogP contribution in [0.2, 0.25) is 0 Å². The van der Waals surface area contributed by atoms with Gasteiger partial charge in [-0.25, -0.2) is 9.78 Å². The molecule has 8 heteroatoms. The molecule has 2 rings (SSSR count). The highest BCUT2D eigenvalue weighted by atomic mass is 32.1. The van der Waals surface area contributed by atoms with Crippen LogP contribution in [-0.2, 0) is 9.53 Å². The van der Waals surface area contributed by atoms with Crippen LogP contribution in [0.1, 0.15) is 16.3 Å². The van der Waals surface area contributed by atoms with Crippen LogP contribution < -0.4 is 9.47 Å². The third-order valence-corrected chi connectivity index (χ3v) is 3.96. The summed E-state index contributed by atoms with van der Waals surface area (Å²) in [6.07, 6.45) is 1.50. The van der Waals surface area contributed by atoms with Gasteiger partial charge in [-0.15, -0.1) is 11.3 Å². The zero-order chi connectivity index (χ0) is 17.7. The molecule has 5 nitrogen and oxygen atoms in total. The Balaban J connectivity index is 2.46. The predicted octanol–water partition coefficient (Wildman–Crippen LogP) is 3.78. The summed E-state index contributed by atoms with van der Waals surface area (Å²) in [6, 6.07) is 4.44. The number of alkyl halides is 2. The van der Waals surface area contributed by atoms with Crippen molar-refractivity contribution in [3.8, 4) is 11.5 Å². The number of halogens is 2. The number of aryl methyl sites for hydroxylation is 1. The van der Waals surface area contributed by atoms with Crippen LogP contribution >= 0.6 is 11.3 Å². The summed E-state index contributed by atoms with van der Waals surface area (Å²) in [5.74, 6) is -0.533. The third kappa shape index (κ3) is 4.29. The zero-order valence-electron chi connectivity index (χ0n) is 13.2. The van der Waals surface area contributed by atoms with Crippen LogP contribution in [0.3, 0.4) is 0 Å². The number of hydrogen-bond donors (Lipinski definition) is 0. The Labute approximate surface area is 141 Å². The lowest BCUT2D eigenvalue weighted by atomic mass is 10.1. The van der Waals surface area contributed by atoms with Gasteiger partial charge < -0.3 is 14.2 Å². The van der Waals surface area contributed by atoms with Crippen molar-refractivity contribution in [2.45, 2.75) is 13.5 Å². The molecule has 0 amide bonds. The van der Waals surface area contributed by atoms with Gasteiger partial charge in [0.2, 0.25) is 0 Å². The highest BCUT2D eigenvalue weighted by molar-refractivity contribution is 7.11. The van der Waals surface area contributed by atoms with Crippen LogP contribution in [0.5, 0.6) is 11.5 Å². The number of carbonyl (C=O) groups is 1. The summed E-state index contributed by atoms with van der Waals surface area (Å²) >= 11 is 1.29. The van der Waals surface area contributed by atoms with Crippen LogP contribution in [-0.4, -0.2) is 31.8 Å². The van der Waals surface area contributed by atoms with Crippen molar-refractivity contribution in [1.82, 2.24) is 4.98 Å². The Morgan fingerprint density at radius 1 is 1.29 bits per heavy atom. The number of carbonyl (C=O) groups excluding carboxylic acids is 1. The van der Waals surface area contributed by atoms with Crippen molar-refractivity contribution in [1.29, 1.82) is 0 Å². The maximum Gasteiger partial charge on any atom is 0.387 e. The smallest absolute Gasteiger partial charge is 0.387 e. The number of aromatic nitrogens is 1. The molecule has 0 spiro atoms. The fourth-order valence-corrected chi connectivity index (χ4v) is 2.73. The van der Waals surface area contributed by atoms with Crippen LogP contribution in [0.4, 0.5) is 8.78 Å². The van der Waals surface area contributed by atoms with E-state index < -0.39 is 12.6 Å². The highest BCUT2D eigenvalue weighted by Gasteiger charge is 2.17. The van der Waals surface area contributed by atoms with Crippen molar-refractivity contribution < 1.29 is 27.8 Å². The van der Waals surface area contributed by atoms with Gasteiger partial charge in [-0.2, -0.15) is 8.78 Å². The van der Waals surface area contributed by atoms with E-state index in [1.807, 2.05) is 0 Å². The molecule has 0 unspecified atom stereocenters. The lowest BCUT2D eigenvalue weighted by molar-refractivity contribution is -0.133. The van der Waals surface area contributed by atoms with Gasteiger partial charge in [-0.1, -0.05) is 6.07 Å². The molecule has 0 radical (unpaired) electrons. The molecule has 0 atom stereocenters. The minimum absolute atomic E-state index is 0.124. The molecule has 0 saturated heterocycles. The number of esters is 1. The molecule has 0 aliphatic carbocycles. The molecule has 1 aromatic heterocycles. The largest absolute Gasteiger partial charge is 0.493 e. The molecule has 0 aliphatic rings. The van der Waals surface area contributed by atoms with E-state index in [9.17, 15) is 13.6 Å². The summed E-state index contributed by atoms with van der Waals surface area (Å²) in [7, 11) is 2.61. The van der Waals surface area contributed by atoms with Crippen molar-refractivity contribution >= 4 is 29.0 Å². The van der Waals surface area contributed by atoms with E-state index in [0.29, 0.717) is 10.6 Å². The molecule has 1 aromatic carbocycles. The van der Waals surface area contributed by atoms with Gasteiger partial charge in [-0.05, 0) is 30.7 Å². The molecular formula is C16H15F2NO4S. The number of thiazole rings is 1. The van der Waals surface area contributed by atoms with E-state index >= 15 is 0 Å². The van der Waals surface area contributed by atoms with Crippen LogP contribution in [0.15, 0.2) is 23.6 Å². The number of nitrogens with zero attached hydrogens (tertiary/aromatic N) is 1. The molecule has 2 aromatic rings. The minimum atomic E-state index is -2.99. The molecule has 0 N–H and O–H groups in total. The van der Waals surface area contributed by atoms with Gasteiger partial charge in [0, 0.05) is 11.1 Å². The van der Waals surface area contributed by atoms with E-state index in [0.717, 1.165) is 5.69 Å². The van der Waals surface area contributed by atoms with Gasteiger partial charge in [0.1, 0.15) is 5.01 Å². The molecule has 0 fully saturated rings. The molecule has 0 bridgehead atoms. The Morgan fingerprint density at radius 3 is 2.58 bits per heavy atom. The van der Waals surface area contributed by atoms with Gasteiger partial charge in [-0.3, -0.25) is 0 Å². The quantitative estimate of drug-likeness (QED) is 0.583. The van der Waals surface area contributed by atoms with Crippen molar-refractivity contribution in [2.24, 2.45) is 0 Å². The monoisotopic (exact) mass is 355 g/mol. The fourth-order valence-electron chi connectivity index (χ4n) is 1.93. The van der Waals surface area contributed by atoms with E-state index in [1.165, 1.54) is 43.8 Å². The average Bonchev–Trinajstić information content (AvgIpc) is 2.97. The number of rotatable bonds is 6. The molecule has 1 heterocycles. The zero-order valence-corrected chi connectivity index (χ0v) is 14.0. The average molecular weight is 355 g/mol. The Bertz CT molecular complexity index is 758. The lowest BCUT2D eigenvalue weighted by Gasteiger charge is -2.10. The second kappa shape index (κ2) is 7.87. The Kier molecular flexibility index (Phi) is 5.86. The fraction of sp³-hybridized carbons (Fsp3) is 0.250. The maximum atomic E-state index is 12.5. The van der Waals surface area contributed by atoms with Gasteiger partial charge in [0.15, 0.2) is 11.5 Å². The first kappa shape index (κ1) is 17.9. The first-order chi connectivity index (χ1) is 11.4. The molecule has 128 valence electrons. The van der Waals surface area contributed by atoms with E-state index in [-0.39, 0.29) is 17.1 Å². The van der Waals surface area contributed by atoms with Crippen LogP contribution in [0.25, 0.3) is 11.6 Å². The summed E-state index contributed by atoms with van der Waals surface area (Å²) in [4.78, 5) is 16.3. The van der Waals surface area contributed by atoms with Gasteiger partial charge in [0.05, 0.1) is 19.8 Å². The second-order valence-corrected chi connectivity index (χ2v) is 5.49. The third-order valence-electron chi connectivity index (χ3n) is 2.97. The summed E-state index contributed by atoms with van der Waals surface area (Å²) in [5, 5.41) is 2.28. The lowest BCUT2D eigenvalue weighted by Crippen LogP contribution is -2.05. The number of hydrogen-bond acceptors (Lipinski definition) is 6. The molecule has 24 heavy (non-hydrogen) atoms. The van der Waals surface area contributed by atoms with E-state index in [2.05, 4.69) is 9.72 Å². The summed E-state index contributed by atoms with van der Waals surface area (Å²) < 4.78 is 39.2. The van der Waals surface area contributed by atoms with Crippen molar-refractivity contribution in [3.05, 3.63) is 39.8 Å². The Hall–Kier alpha value is -2.48. The van der Waals surface area contributed by atoms with Crippen LogP contribution in [0, 0.1) is 6.92 Å². The first-order valence-electron chi connectivity index (χ1n) is 6.80. The van der Waals surface area contributed by atoms with E-state index in [4.69, 9.17) is 9.47 Å². The van der Waals surface area contributed by atoms with Gasteiger partial charge >= 0.3 is 12.6 Å². The highest BCUT2D eigenvalue weighted by Crippen LogP contribution is 2.31. The normalized spacial score (nSPS) is 11.5. The molecule has 0 aliphatic heterocycles. The van der Waals surface area contributed by atoms with Crippen molar-refractivity contribution in [3.63, 3.8) is 0 Å². The molecular weight excluding hydrogens is 340 g/mol. The predicted molar refractivity (Wildman–Crippen MR) is 86.4 cm³/mol. The molecule has 0 saturated carbocycles. The second-order valence-electron chi connectivity index (χ2n) is 4.63. The Morgan fingerprint density at radius 2 is 2.04 bits per heavy atom. The number of ether oxygens (including phenoxy) is 3. The number of benzene rings is 1. The summed E-state index contributed by atoms with van der Waals surface area (Å²) in [6.45, 7) is -1.18. The van der Waals surface area contributed by atoms with E-state index in [1.54, 1.807) is 18.4 Å². The van der Waals surface area contributed by atoms with Crippen molar-refractivity contribution in [2.75, 3.05) is 14.2 Å².